The van der Waals surface area contributed by atoms with Gasteiger partial charge in [-0.25, -0.2) is 4.79 Å². The summed E-state index contributed by atoms with van der Waals surface area (Å²) in [6.45, 7) is 1.60. The summed E-state index contributed by atoms with van der Waals surface area (Å²) in [7, 11) is 1.12. The van der Waals surface area contributed by atoms with Gasteiger partial charge in [0.15, 0.2) is 0 Å². The van der Waals surface area contributed by atoms with E-state index in [1.807, 2.05) is 6.07 Å². The Morgan fingerprint density at radius 1 is 1.00 bits per heavy atom. The highest BCUT2D eigenvalue weighted by Gasteiger charge is 2.55. The minimum Gasteiger partial charge on any atom is -0.465 e. The summed E-state index contributed by atoms with van der Waals surface area (Å²) in [4.78, 5) is 12.0. The van der Waals surface area contributed by atoms with E-state index in [0.29, 0.717) is 11.1 Å². The number of rotatable bonds is 4. The fraction of sp³-hybridized carbons (Fsp3) is 0.235. The minimum absolute atomic E-state index is 0.581. The Balaban J connectivity index is 2.70. The quantitative estimate of drug-likeness (QED) is 0.646. The van der Waals surface area contributed by atoms with Gasteiger partial charge in [0.2, 0.25) is 0 Å². The first-order valence-electron chi connectivity index (χ1n) is 6.68. The van der Waals surface area contributed by atoms with Crippen molar-refractivity contribution < 1.29 is 19.7 Å². The van der Waals surface area contributed by atoms with Crippen molar-refractivity contribution >= 4 is 21.9 Å². The summed E-state index contributed by atoms with van der Waals surface area (Å²) < 4.78 is 5.43. The molecule has 0 heterocycles. The number of aliphatic hydroxyl groups is 2. The lowest BCUT2D eigenvalue weighted by atomic mass is 9.69. The fourth-order valence-corrected chi connectivity index (χ4v) is 2.73. The van der Waals surface area contributed by atoms with Gasteiger partial charge >= 0.3 is 5.97 Å². The Hall–Kier alpha value is -1.69. The van der Waals surface area contributed by atoms with Crippen LogP contribution in [-0.4, -0.2) is 29.1 Å². The standard InChI is InChI=1S/C17H17BrO4/c1-16(12-6-4-3-5-7-12,17(20,21)15(19)22-2)13-8-10-14(18)11-9-13/h3-11,20-21H,1-2H3. The molecule has 0 saturated carbocycles. The van der Waals surface area contributed by atoms with E-state index in [2.05, 4.69) is 20.7 Å². The molecular formula is C17H17BrO4. The summed E-state index contributed by atoms with van der Waals surface area (Å²) in [6, 6.07) is 15.9. The molecule has 0 aliphatic carbocycles. The molecule has 22 heavy (non-hydrogen) atoms. The zero-order valence-electron chi connectivity index (χ0n) is 12.3. The largest absolute Gasteiger partial charge is 0.465 e. The molecule has 0 bridgehead atoms. The van der Waals surface area contributed by atoms with Crippen molar-refractivity contribution in [1.29, 1.82) is 0 Å². The number of halogens is 1. The van der Waals surface area contributed by atoms with Crippen molar-refractivity contribution in [3.8, 4) is 0 Å². The molecule has 1 unspecified atom stereocenters. The van der Waals surface area contributed by atoms with Crippen LogP contribution in [0.5, 0.6) is 0 Å². The van der Waals surface area contributed by atoms with Crippen LogP contribution in [0.4, 0.5) is 0 Å². The number of benzene rings is 2. The molecule has 0 saturated heterocycles. The molecule has 116 valence electrons. The molecule has 5 heteroatoms. The van der Waals surface area contributed by atoms with Crippen molar-refractivity contribution in [2.45, 2.75) is 18.1 Å². The third kappa shape index (κ3) is 2.67. The molecule has 0 spiro atoms. The van der Waals surface area contributed by atoms with E-state index in [4.69, 9.17) is 0 Å². The normalized spacial score (nSPS) is 14.2. The molecule has 4 nitrogen and oxygen atoms in total. The Labute approximate surface area is 137 Å². The van der Waals surface area contributed by atoms with Crippen LogP contribution < -0.4 is 0 Å². The minimum atomic E-state index is -2.71. The number of carbonyl (C=O) groups is 1. The molecule has 0 radical (unpaired) electrons. The Kier molecular flexibility index (Phi) is 4.70. The van der Waals surface area contributed by atoms with Crippen LogP contribution in [0.3, 0.4) is 0 Å². The maximum Gasteiger partial charge on any atom is 0.367 e. The van der Waals surface area contributed by atoms with Gasteiger partial charge < -0.3 is 14.9 Å². The zero-order chi connectivity index (χ0) is 16.4. The molecule has 0 aromatic heterocycles. The smallest absolute Gasteiger partial charge is 0.367 e. The SMILES string of the molecule is COC(=O)C(O)(O)C(C)(c1ccccc1)c1ccc(Br)cc1. The molecule has 2 aromatic carbocycles. The maximum absolute atomic E-state index is 12.0. The predicted molar refractivity (Wildman–Crippen MR) is 86.2 cm³/mol. The highest BCUT2D eigenvalue weighted by atomic mass is 79.9. The van der Waals surface area contributed by atoms with Gasteiger partial charge in [-0.05, 0) is 30.2 Å². The van der Waals surface area contributed by atoms with Gasteiger partial charge in [0.25, 0.3) is 5.79 Å². The molecule has 2 aromatic rings. The van der Waals surface area contributed by atoms with Gasteiger partial charge in [-0.2, -0.15) is 0 Å². The lowest BCUT2D eigenvalue weighted by Crippen LogP contribution is -2.56. The van der Waals surface area contributed by atoms with Gasteiger partial charge in [-0.3, -0.25) is 0 Å². The van der Waals surface area contributed by atoms with E-state index < -0.39 is 17.2 Å². The number of ether oxygens (including phenoxy) is 1. The first-order valence-corrected chi connectivity index (χ1v) is 7.48. The highest BCUT2D eigenvalue weighted by molar-refractivity contribution is 9.10. The first-order chi connectivity index (χ1) is 10.3. The van der Waals surface area contributed by atoms with Gasteiger partial charge in [0.05, 0.1) is 12.5 Å². The van der Waals surface area contributed by atoms with Crippen molar-refractivity contribution in [3.05, 3.63) is 70.2 Å². The summed E-state index contributed by atoms with van der Waals surface area (Å²) in [5.41, 5.74) is -0.216. The van der Waals surface area contributed by atoms with Crippen LogP contribution in [0.25, 0.3) is 0 Å². The van der Waals surface area contributed by atoms with Crippen LogP contribution >= 0.6 is 15.9 Å². The Morgan fingerprint density at radius 2 is 1.50 bits per heavy atom. The van der Waals surface area contributed by atoms with Crippen LogP contribution in [0.15, 0.2) is 59.1 Å². The third-order valence-electron chi connectivity index (χ3n) is 3.94. The van der Waals surface area contributed by atoms with Crippen LogP contribution in [0.2, 0.25) is 0 Å². The van der Waals surface area contributed by atoms with Crippen LogP contribution in [-0.2, 0) is 14.9 Å². The van der Waals surface area contributed by atoms with E-state index in [1.54, 1.807) is 55.5 Å². The van der Waals surface area contributed by atoms with Crippen molar-refractivity contribution in [2.24, 2.45) is 0 Å². The van der Waals surface area contributed by atoms with E-state index in [1.165, 1.54) is 0 Å². The van der Waals surface area contributed by atoms with Crippen molar-refractivity contribution in [3.63, 3.8) is 0 Å². The summed E-state index contributed by atoms with van der Waals surface area (Å²) >= 11 is 3.34. The highest BCUT2D eigenvalue weighted by Crippen LogP contribution is 2.41. The average Bonchev–Trinajstić information content (AvgIpc) is 2.54. The van der Waals surface area contributed by atoms with Crippen molar-refractivity contribution in [1.82, 2.24) is 0 Å². The first kappa shape index (κ1) is 16.7. The van der Waals surface area contributed by atoms with Gasteiger partial charge in [0.1, 0.15) is 0 Å². The predicted octanol–water partition coefficient (Wildman–Crippen LogP) is 2.61. The summed E-state index contributed by atoms with van der Waals surface area (Å²) in [5.74, 6) is -3.82. The lowest BCUT2D eigenvalue weighted by Gasteiger charge is -2.39. The second-order valence-electron chi connectivity index (χ2n) is 5.16. The zero-order valence-corrected chi connectivity index (χ0v) is 13.9. The molecule has 2 rings (SSSR count). The topological polar surface area (TPSA) is 66.8 Å². The second kappa shape index (κ2) is 6.20. The summed E-state index contributed by atoms with van der Waals surface area (Å²) in [6.07, 6.45) is 0. The molecule has 0 amide bonds. The molecule has 1 atom stereocenters. The Bertz CT molecular complexity index is 652. The van der Waals surface area contributed by atoms with Crippen molar-refractivity contribution in [2.75, 3.05) is 7.11 Å². The number of methoxy groups -OCH3 is 1. The summed E-state index contributed by atoms with van der Waals surface area (Å²) in [5, 5.41) is 21.1. The number of carbonyl (C=O) groups excluding carboxylic acids is 1. The van der Waals surface area contributed by atoms with Crippen LogP contribution in [0.1, 0.15) is 18.1 Å². The van der Waals surface area contributed by atoms with Gasteiger partial charge in [-0.15, -0.1) is 0 Å². The maximum atomic E-state index is 12.0. The van der Waals surface area contributed by atoms with E-state index >= 15 is 0 Å². The van der Waals surface area contributed by atoms with Gasteiger partial charge in [0, 0.05) is 4.47 Å². The number of esters is 1. The molecule has 0 aliphatic rings. The Morgan fingerprint density at radius 3 is 2.00 bits per heavy atom. The van der Waals surface area contributed by atoms with Crippen LogP contribution in [0, 0.1) is 0 Å². The molecule has 0 aliphatic heterocycles. The second-order valence-corrected chi connectivity index (χ2v) is 6.08. The van der Waals surface area contributed by atoms with E-state index in [-0.39, 0.29) is 0 Å². The molecule has 0 fully saturated rings. The van der Waals surface area contributed by atoms with E-state index in [9.17, 15) is 15.0 Å². The fourth-order valence-electron chi connectivity index (χ4n) is 2.47. The average molecular weight is 365 g/mol. The van der Waals surface area contributed by atoms with E-state index in [0.717, 1.165) is 11.6 Å². The molecular weight excluding hydrogens is 348 g/mol. The monoisotopic (exact) mass is 364 g/mol. The number of hydrogen-bond acceptors (Lipinski definition) is 4. The molecule has 2 N–H and O–H groups in total. The number of hydrogen-bond donors (Lipinski definition) is 2. The third-order valence-corrected chi connectivity index (χ3v) is 4.47. The van der Waals surface area contributed by atoms with Gasteiger partial charge in [-0.1, -0.05) is 58.4 Å². The lowest BCUT2D eigenvalue weighted by molar-refractivity contribution is -0.225.